The normalized spacial score (nSPS) is 20.2. The van der Waals surface area contributed by atoms with Gasteiger partial charge in [-0.1, -0.05) is 0 Å². The van der Waals surface area contributed by atoms with Crippen molar-refractivity contribution >= 4 is 57.7 Å². The number of fused-ring (bicyclic) bond motifs is 2. The van der Waals surface area contributed by atoms with Crippen molar-refractivity contribution in [3.05, 3.63) is 59.2 Å². The average molecular weight is 981 g/mol. The number of methoxy groups -OCH3 is 2. The number of likely N-dealkylation sites (tertiary alicyclic amines) is 2. The summed E-state index contributed by atoms with van der Waals surface area (Å²) in [6.45, 7) is 16.2. The Bertz CT molecular complexity index is 2420. The molecule has 70 heavy (non-hydrogen) atoms. The highest BCUT2D eigenvalue weighted by Crippen LogP contribution is 2.41. The minimum atomic E-state index is -1.22. The van der Waals surface area contributed by atoms with Crippen LogP contribution in [0, 0.1) is 11.6 Å². The number of halogens is 2. The van der Waals surface area contributed by atoms with Crippen molar-refractivity contribution in [3.63, 3.8) is 0 Å². The van der Waals surface area contributed by atoms with Crippen LogP contribution in [0.15, 0.2) is 36.4 Å². The van der Waals surface area contributed by atoms with E-state index in [-0.39, 0.29) is 38.8 Å². The van der Waals surface area contributed by atoms with E-state index in [9.17, 15) is 28.8 Å². The fourth-order valence-corrected chi connectivity index (χ4v) is 9.37. The Balaban J connectivity index is 1.49. The third-order valence-electron chi connectivity index (χ3n) is 12.5. The van der Waals surface area contributed by atoms with Gasteiger partial charge in [0.05, 0.1) is 35.7 Å². The molecule has 4 aromatic rings. The summed E-state index contributed by atoms with van der Waals surface area (Å²) in [5, 5.41) is 6.45. The fraction of sp³-hybridized carbons (Fsp3) is 0.560. The second-order valence-corrected chi connectivity index (χ2v) is 19.9. The Morgan fingerprint density at radius 2 is 1.00 bits per heavy atom. The van der Waals surface area contributed by atoms with E-state index in [1.807, 2.05) is 0 Å². The first-order valence-electron chi connectivity index (χ1n) is 23.4. The van der Waals surface area contributed by atoms with Crippen LogP contribution in [-0.2, 0) is 60.4 Å². The van der Waals surface area contributed by atoms with Crippen LogP contribution >= 0.6 is 0 Å². The number of hydrogen-bond acceptors (Lipinski definition) is 12. The molecule has 2 aromatic heterocycles. The number of hydrogen-bond donors (Lipinski definition) is 4. The molecule has 4 heterocycles. The Morgan fingerprint density at radius 3 is 1.31 bits per heavy atom. The van der Waals surface area contributed by atoms with Gasteiger partial charge < -0.3 is 58.8 Å². The van der Waals surface area contributed by atoms with Gasteiger partial charge in [0.15, 0.2) is 0 Å². The van der Waals surface area contributed by atoms with E-state index in [1.54, 1.807) is 67.5 Å². The lowest BCUT2D eigenvalue weighted by Gasteiger charge is -2.33. The van der Waals surface area contributed by atoms with Crippen molar-refractivity contribution in [2.45, 2.75) is 155 Å². The number of benzene rings is 2. The molecule has 2 aliphatic rings. The van der Waals surface area contributed by atoms with Gasteiger partial charge in [-0.05, 0) is 116 Å². The van der Waals surface area contributed by atoms with E-state index in [0.717, 1.165) is 0 Å². The fourth-order valence-electron chi connectivity index (χ4n) is 9.37. The molecule has 6 rings (SSSR count). The SMILES string of the molecule is CO[C@H](C)C(NC(=O)OC(C)(C)C)C(=O)N1CC[C@H](OC(C)=O)[C@H]1Cc1c(-c2[nH]c3cc(F)ccc3c2C[C@@H]2[C@@H](OC(C)=O)CCN2C(=O)[C@@H](NC(=O)OC(C)(C)C)[C@@H](C)OC)[nH]c2cc(F)ccc12. The van der Waals surface area contributed by atoms with Crippen molar-refractivity contribution in [3.8, 4) is 11.4 Å². The van der Waals surface area contributed by atoms with Gasteiger partial charge in [-0.2, -0.15) is 0 Å². The van der Waals surface area contributed by atoms with Crippen LogP contribution < -0.4 is 10.6 Å². The smallest absolute Gasteiger partial charge is 0.408 e. The number of alkyl carbamates (subject to hydrolysis) is 2. The summed E-state index contributed by atoms with van der Waals surface area (Å²) in [4.78, 5) is 90.8. The summed E-state index contributed by atoms with van der Waals surface area (Å²) >= 11 is 0. The molecule has 0 radical (unpaired) electrons. The van der Waals surface area contributed by atoms with E-state index in [4.69, 9.17) is 28.4 Å². The maximum absolute atomic E-state index is 15.1. The van der Waals surface area contributed by atoms with E-state index < -0.39 is 107 Å². The number of ether oxygens (including phenoxy) is 6. The van der Waals surface area contributed by atoms with Crippen LogP contribution in [0.1, 0.15) is 93.2 Å². The molecule has 18 nitrogen and oxygen atoms in total. The number of rotatable bonds is 15. The molecular formula is C50H66F2N6O12. The van der Waals surface area contributed by atoms with E-state index in [0.29, 0.717) is 44.3 Å². The lowest BCUT2D eigenvalue weighted by molar-refractivity contribution is -0.150. The van der Waals surface area contributed by atoms with Crippen molar-refractivity contribution in [2.75, 3.05) is 27.3 Å². The van der Waals surface area contributed by atoms with Crippen molar-refractivity contribution in [2.24, 2.45) is 0 Å². The second kappa shape index (κ2) is 21.4. The monoisotopic (exact) mass is 980 g/mol. The van der Waals surface area contributed by atoms with Crippen LogP contribution in [-0.4, -0.2) is 143 Å². The molecule has 0 spiro atoms. The van der Waals surface area contributed by atoms with E-state index in [2.05, 4.69) is 20.6 Å². The maximum Gasteiger partial charge on any atom is 0.408 e. The zero-order valence-corrected chi connectivity index (χ0v) is 41.9. The zero-order chi connectivity index (χ0) is 51.6. The highest BCUT2D eigenvalue weighted by molar-refractivity contribution is 5.97. The minimum Gasteiger partial charge on any atom is -0.460 e. The number of aromatic amines is 2. The molecule has 0 bridgehead atoms. The number of nitrogens with zero attached hydrogens (tertiary/aromatic N) is 2. The highest BCUT2D eigenvalue weighted by atomic mass is 19.1. The van der Waals surface area contributed by atoms with Gasteiger partial charge in [0.2, 0.25) is 11.8 Å². The number of aromatic nitrogens is 2. The number of esters is 2. The maximum atomic E-state index is 15.1. The second-order valence-electron chi connectivity index (χ2n) is 19.9. The lowest BCUT2D eigenvalue weighted by Crippen LogP contribution is -2.57. The van der Waals surface area contributed by atoms with E-state index in [1.165, 1.54) is 62.1 Å². The molecule has 8 atom stereocenters. The third-order valence-corrected chi connectivity index (χ3v) is 12.5. The molecule has 2 saturated heterocycles. The number of H-pyrrole nitrogens is 2. The first kappa shape index (κ1) is 53.1. The summed E-state index contributed by atoms with van der Waals surface area (Å²) < 4.78 is 64.1. The van der Waals surface area contributed by atoms with Crippen molar-refractivity contribution < 1.29 is 66.0 Å². The molecule has 1 unspecified atom stereocenters. The number of amides is 4. The van der Waals surface area contributed by atoms with Gasteiger partial charge in [0.25, 0.3) is 0 Å². The standard InChI is InChI=1S/C50H66F2N6O12/c1-25(65-11)41(55-47(63)69-49(5,6)7)45(61)57-19-17-39(67-27(3)59)37(57)23-33-31-15-13-29(51)21-35(31)53-43(33)44-34(32-16-14-30(52)22-36(32)54-44)24-38-40(68-28(4)60)18-20-58(38)46(62)42(26(2)66-12)56-48(64)70-50(8,9)10/h13-16,21-22,25-26,37-42,53-54H,17-20,23-24H2,1-12H3,(H,55,63)(H,56,64)/t25-,26-,37-,38-,39+,40+,41+,42?/m1/s1. The number of carbonyl (C=O) groups is 6. The predicted octanol–water partition coefficient (Wildman–Crippen LogP) is 6.60. The molecule has 2 fully saturated rings. The molecule has 2 aromatic carbocycles. The summed E-state index contributed by atoms with van der Waals surface area (Å²) in [5.41, 5.74) is 0.954. The molecule has 0 aliphatic carbocycles. The number of carbonyl (C=O) groups excluding carboxylic acids is 6. The van der Waals surface area contributed by atoms with Crippen molar-refractivity contribution in [1.82, 2.24) is 30.4 Å². The van der Waals surface area contributed by atoms with Gasteiger partial charge in [-0.15, -0.1) is 0 Å². The average Bonchev–Trinajstić information content (AvgIpc) is 4.02. The lowest BCUT2D eigenvalue weighted by atomic mass is 9.93. The first-order valence-corrected chi connectivity index (χ1v) is 23.4. The number of nitrogens with one attached hydrogen (secondary N) is 4. The quantitative estimate of drug-likeness (QED) is 0.0732. The van der Waals surface area contributed by atoms with E-state index >= 15 is 8.78 Å². The molecule has 20 heteroatoms. The van der Waals surface area contributed by atoms with Crippen molar-refractivity contribution in [1.29, 1.82) is 0 Å². The van der Waals surface area contributed by atoms with Gasteiger partial charge in [-0.3, -0.25) is 19.2 Å². The Labute approximate surface area is 405 Å². The summed E-state index contributed by atoms with van der Waals surface area (Å²) in [5.74, 6) is -3.32. The van der Waals surface area contributed by atoms with Crippen LogP contribution in [0.5, 0.6) is 0 Å². The highest BCUT2D eigenvalue weighted by Gasteiger charge is 2.46. The Hall–Kier alpha value is -6.28. The summed E-state index contributed by atoms with van der Waals surface area (Å²) in [6, 6.07) is 4.26. The van der Waals surface area contributed by atoms with Gasteiger partial charge in [-0.25, -0.2) is 18.4 Å². The molecule has 4 amide bonds. The molecule has 0 saturated carbocycles. The van der Waals surface area contributed by atoms with Crippen LogP contribution in [0.3, 0.4) is 0 Å². The Kier molecular flexibility index (Phi) is 16.2. The van der Waals surface area contributed by atoms with Gasteiger partial charge in [0, 0.05) is 75.8 Å². The summed E-state index contributed by atoms with van der Waals surface area (Å²) in [7, 11) is 2.81. The van der Waals surface area contributed by atoms with Crippen LogP contribution in [0.4, 0.5) is 18.4 Å². The van der Waals surface area contributed by atoms with Gasteiger partial charge in [0.1, 0.15) is 47.1 Å². The minimum absolute atomic E-state index is 0.0192. The molecule has 4 N–H and O–H groups in total. The topological polar surface area (TPSA) is 220 Å². The van der Waals surface area contributed by atoms with Crippen LogP contribution in [0.2, 0.25) is 0 Å². The molecular weight excluding hydrogens is 915 g/mol. The zero-order valence-electron chi connectivity index (χ0n) is 41.9. The van der Waals surface area contributed by atoms with Gasteiger partial charge >= 0.3 is 24.1 Å². The predicted molar refractivity (Wildman–Crippen MR) is 254 cm³/mol. The largest absolute Gasteiger partial charge is 0.460 e. The third kappa shape index (κ3) is 12.4. The summed E-state index contributed by atoms with van der Waals surface area (Å²) in [6.07, 6.45) is -4.45. The Morgan fingerprint density at radius 1 is 0.643 bits per heavy atom. The molecule has 382 valence electrons. The van der Waals surface area contributed by atoms with Crippen LogP contribution in [0.25, 0.3) is 33.2 Å². The molecule has 2 aliphatic heterocycles. The first-order chi connectivity index (χ1) is 32.8.